The fraction of sp³-hybridized carbons (Fsp3) is 0.588. The van der Waals surface area contributed by atoms with Crippen molar-refractivity contribution in [3.8, 4) is 0 Å². The molecule has 0 radical (unpaired) electrons. The largest absolute Gasteiger partial charge is 0.459 e. The number of piperidine rings is 1. The number of amides is 2. The van der Waals surface area contributed by atoms with E-state index in [0.29, 0.717) is 10.6 Å². The molecule has 1 aromatic heterocycles. The number of thiophene rings is 1. The normalized spacial score (nSPS) is 15.2. The molecule has 138 valence electrons. The molecule has 3 N–H and O–H groups in total. The van der Waals surface area contributed by atoms with Crippen molar-refractivity contribution in [2.24, 2.45) is 5.73 Å². The predicted molar refractivity (Wildman–Crippen MR) is 97.0 cm³/mol. The maximum absolute atomic E-state index is 12.4. The van der Waals surface area contributed by atoms with Gasteiger partial charge in [0.05, 0.1) is 23.1 Å². The number of rotatable bonds is 6. The first-order valence-corrected chi connectivity index (χ1v) is 9.27. The molecule has 1 fully saturated rings. The van der Waals surface area contributed by atoms with Crippen molar-refractivity contribution in [2.75, 3.05) is 25.0 Å². The summed E-state index contributed by atoms with van der Waals surface area (Å²) >= 11 is 1.01. The highest BCUT2D eigenvalue weighted by molar-refractivity contribution is 7.18. The van der Waals surface area contributed by atoms with Gasteiger partial charge in [-0.05, 0) is 52.3 Å². The third kappa shape index (κ3) is 5.02. The molecule has 0 aromatic carbocycles. The van der Waals surface area contributed by atoms with Crippen LogP contribution in [0.3, 0.4) is 0 Å². The number of primary amides is 1. The number of esters is 1. The molecule has 2 rings (SSSR count). The van der Waals surface area contributed by atoms with Crippen molar-refractivity contribution < 1.29 is 19.1 Å². The number of hydrogen-bond acceptors (Lipinski definition) is 6. The number of likely N-dealkylation sites (tertiary alicyclic amines) is 1. The molecule has 1 aliphatic heterocycles. The minimum atomic E-state index is -0.627. The average Bonchev–Trinajstić information content (AvgIpc) is 2.84. The highest BCUT2D eigenvalue weighted by Crippen LogP contribution is 2.33. The van der Waals surface area contributed by atoms with Gasteiger partial charge in [0.1, 0.15) is 5.00 Å². The van der Waals surface area contributed by atoms with Crippen LogP contribution in [0.25, 0.3) is 0 Å². The van der Waals surface area contributed by atoms with Crippen LogP contribution in [0.15, 0.2) is 0 Å². The molecule has 0 bridgehead atoms. The van der Waals surface area contributed by atoms with E-state index in [4.69, 9.17) is 10.5 Å². The standard InChI is InChI=1S/C17H25N3O4S/c1-10(2)24-17(23)13-11(3)14(15(18)22)25-16(13)19-12(21)9-20-7-5-4-6-8-20/h10H,4-9H2,1-3H3,(H2,18,22)(H,19,21). The Labute approximate surface area is 151 Å². The Morgan fingerprint density at radius 1 is 1.24 bits per heavy atom. The number of nitrogens with two attached hydrogens (primary N) is 1. The molecule has 0 atom stereocenters. The quantitative estimate of drug-likeness (QED) is 0.750. The number of nitrogens with zero attached hydrogens (tertiary/aromatic N) is 1. The van der Waals surface area contributed by atoms with Crippen molar-refractivity contribution in [1.82, 2.24) is 4.90 Å². The van der Waals surface area contributed by atoms with Crippen LogP contribution >= 0.6 is 11.3 Å². The number of carbonyl (C=O) groups is 3. The number of nitrogens with one attached hydrogen (secondary N) is 1. The smallest absolute Gasteiger partial charge is 0.341 e. The van der Waals surface area contributed by atoms with Crippen molar-refractivity contribution in [2.45, 2.75) is 46.1 Å². The second-order valence-corrected chi connectivity index (χ2v) is 7.48. The Morgan fingerprint density at radius 3 is 2.44 bits per heavy atom. The van der Waals surface area contributed by atoms with Crippen molar-refractivity contribution in [3.63, 3.8) is 0 Å². The Kier molecular flexibility index (Phi) is 6.55. The molecule has 0 aliphatic carbocycles. The van der Waals surface area contributed by atoms with Gasteiger partial charge < -0.3 is 15.8 Å². The molecule has 2 heterocycles. The minimum absolute atomic E-state index is 0.208. The summed E-state index contributed by atoms with van der Waals surface area (Å²) in [6.45, 7) is 7.17. The summed E-state index contributed by atoms with van der Waals surface area (Å²) in [7, 11) is 0. The highest BCUT2D eigenvalue weighted by Gasteiger charge is 2.26. The van der Waals surface area contributed by atoms with E-state index in [-0.39, 0.29) is 29.0 Å². The Bertz CT molecular complexity index is 663. The second-order valence-electron chi connectivity index (χ2n) is 6.46. The van der Waals surface area contributed by atoms with Crippen molar-refractivity contribution in [3.05, 3.63) is 16.0 Å². The molecule has 0 spiro atoms. The van der Waals surface area contributed by atoms with Gasteiger partial charge >= 0.3 is 5.97 Å². The Morgan fingerprint density at radius 2 is 1.88 bits per heavy atom. The van der Waals surface area contributed by atoms with Crippen LogP contribution < -0.4 is 11.1 Å². The van der Waals surface area contributed by atoms with Crippen molar-refractivity contribution >= 4 is 34.1 Å². The SMILES string of the molecule is Cc1c(C(N)=O)sc(NC(=O)CN2CCCCC2)c1C(=O)OC(C)C. The van der Waals surface area contributed by atoms with Gasteiger partial charge in [-0.3, -0.25) is 14.5 Å². The van der Waals surface area contributed by atoms with Gasteiger partial charge in [-0.1, -0.05) is 6.42 Å². The molecular weight excluding hydrogens is 342 g/mol. The molecule has 25 heavy (non-hydrogen) atoms. The summed E-state index contributed by atoms with van der Waals surface area (Å²) < 4.78 is 5.24. The maximum atomic E-state index is 12.4. The molecular formula is C17H25N3O4S. The average molecular weight is 367 g/mol. The fourth-order valence-corrected chi connectivity index (χ4v) is 3.91. The van der Waals surface area contributed by atoms with E-state index >= 15 is 0 Å². The molecule has 1 aromatic rings. The van der Waals surface area contributed by atoms with Gasteiger partial charge in [0.25, 0.3) is 5.91 Å². The van der Waals surface area contributed by atoms with Crippen LogP contribution in [0.5, 0.6) is 0 Å². The van der Waals surface area contributed by atoms with Crippen molar-refractivity contribution in [1.29, 1.82) is 0 Å². The molecule has 0 saturated carbocycles. The lowest BCUT2D eigenvalue weighted by molar-refractivity contribution is -0.117. The number of ether oxygens (including phenoxy) is 1. The first-order chi connectivity index (χ1) is 11.8. The predicted octanol–water partition coefficient (Wildman–Crippen LogP) is 2.15. The summed E-state index contributed by atoms with van der Waals surface area (Å²) in [6.07, 6.45) is 3.06. The van der Waals surface area contributed by atoms with Gasteiger partial charge in [-0.2, -0.15) is 0 Å². The third-order valence-corrected chi connectivity index (χ3v) is 5.21. The van der Waals surface area contributed by atoms with Crippen LogP contribution in [0.2, 0.25) is 0 Å². The summed E-state index contributed by atoms with van der Waals surface area (Å²) in [5.41, 5.74) is 6.03. The van der Waals surface area contributed by atoms with Gasteiger partial charge in [0.15, 0.2) is 0 Å². The molecule has 2 amide bonds. The van der Waals surface area contributed by atoms with Crippen LogP contribution in [-0.2, 0) is 9.53 Å². The molecule has 8 heteroatoms. The van der Waals surface area contributed by atoms with E-state index in [0.717, 1.165) is 37.3 Å². The molecule has 7 nitrogen and oxygen atoms in total. The van der Waals surface area contributed by atoms with Gasteiger partial charge in [0.2, 0.25) is 5.91 Å². The minimum Gasteiger partial charge on any atom is -0.459 e. The highest BCUT2D eigenvalue weighted by atomic mass is 32.1. The van der Waals surface area contributed by atoms with Gasteiger partial charge in [-0.25, -0.2) is 4.79 Å². The van der Waals surface area contributed by atoms with E-state index in [1.165, 1.54) is 6.42 Å². The summed E-state index contributed by atoms with van der Waals surface area (Å²) in [4.78, 5) is 38.7. The lowest BCUT2D eigenvalue weighted by atomic mass is 10.1. The van der Waals surface area contributed by atoms with E-state index in [1.54, 1.807) is 20.8 Å². The zero-order valence-corrected chi connectivity index (χ0v) is 15.7. The van der Waals surface area contributed by atoms with Crippen LogP contribution in [-0.4, -0.2) is 48.4 Å². The van der Waals surface area contributed by atoms with E-state index < -0.39 is 11.9 Å². The zero-order chi connectivity index (χ0) is 18.6. The van der Waals surface area contributed by atoms with Crippen LogP contribution in [0.1, 0.15) is 58.7 Å². The fourth-order valence-electron chi connectivity index (χ4n) is 2.84. The Hall–Kier alpha value is -1.93. The first kappa shape index (κ1) is 19.4. The van der Waals surface area contributed by atoms with E-state index in [9.17, 15) is 14.4 Å². The molecule has 1 aliphatic rings. The second kappa shape index (κ2) is 8.44. The summed E-state index contributed by atoms with van der Waals surface area (Å²) in [6, 6.07) is 0. The molecule has 1 saturated heterocycles. The van der Waals surface area contributed by atoms with Crippen LogP contribution in [0.4, 0.5) is 5.00 Å². The summed E-state index contributed by atoms with van der Waals surface area (Å²) in [5, 5.41) is 3.08. The van der Waals surface area contributed by atoms with Gasteiger partial charge in [0, 0.05) is 0 Å². The monoisotopic (exact) mass is 367 g/mol. The number of carbonyl (C=O) groups excluding carboxylic acids is 3. The van der Waals surface area contributed by atoms with E-state index in [1.807, 2.05) is 0 Å². The zero-order valence-electron chi connectivity index (χ0n) is 14.9. The third-order valence-electron chi connectivity index (χ3n) is 3.99. The lowest BCUT2D eigenvalue weighted by Crippen LogP contribution is -2.36. The number of anilines is 1. The lowest BCUT2D eigenvalue weighted by Gasteiger charge is -2.25. The van der Waals surface area contributed by atoms with Crippen LogP contribution in [0, 0.1) is 6.92 Å². The number of hydrogen-bond donors (Lipinski definition) is 2. The Balaban J connectivity index is 2.19. The van der Waals surface area contributed by atoms with E-state index in [2.05, 4.69) is 10.2 Å². The molecule has 0 unspecified atom stereocenters. The maximum Gasteiger partial charge on any atom is 0.341 e. The van der Waals surface area contributed by atoms with Gasteiger partial charge in [-0.15, -0.1) is 11.3 Å². The summed E-state index contributed by atoms with van der Waals surface area (Å²) in [5.74, 6) is -1.40. The topological polar surface area (TPSA) is 102 Å². The first-order valence-electron chi connectivity index (χ1n) is 8.46.